The van der Waals surface area contributed by atoms with Crippen molar-refractivity contribution in [3.8, 4) is 11.5 Å². The summed E-state index contributed by atoms with van der Waals surface area (Å²) < 4.78 is 11.1. The van der Waals surface area contributed by atoms with Crippen molar-refractivity contribution >= 4 is 29.3 Å². The maximum Gasteiger partial charge on any atom is 0.266 e. The monoisotopic (exact) mass is 584 g/mol. The lowest BCUT2D eigenvalue weighted by molar-refractivity contribution is 0.0619. The Labute approximate surface area is 250 Å². The number of rotatable bonds is 10. The van der Waals surface area contributed by atoms with Gasteiger partial charge < -0.3 is 34.8 Å². The number of ether oxygens (including phenoxy) is 1. The summed E-state index contributed by atoms with van der Waals surface area (Å²) in [6.45, 7) is 9.27. The Bertz CT molecular complexity index is 1590. The van der Waals surface area contributed by atoms with Crippen molar-refractivity contribution in [2.75, 3.05) is 55.0 Å². The molecule has 1 atom stereocenters. The topological polar surface area (TPSA) is 142 Å². The van der Waals surface area contributed by atoms with Crippen molar-refractivity contribution in [3.63, 3.8) is 0 Å². The first kappa shape index (κ1) is 28.6. The van der Waals surface area contributed by atoms with Crippen LogP contribution in [-0.4, -0.2) is 75.5 Å². The van der Waals surface area contributed by atoms with Crippen LogP contribution in [0.25, 0.3) is 11.5 Å². The Morgan fingerprint density at radius 1 is 1.07 bits per heavy atom. The molecule has 2 aromatic carbocycles. The van der Waals surface area contributed by atoms with Gasteiger partial charge in [0.2, 0.25) is 5.95 Å². The lowest BCUT2D eigenvalue weighted by atomic mass is 9.93. The molecule has 0 saturated carbocycles. The molecule has 4 heterocycles. The minimum absolute atomic E-state index is 0.0486. The second-order valence-corrected chi connectivity index (χ2v) is 11.1. The van der Waals surface area contributed by atoms with Crippen molar-refractivity contribution in [1.29, 1.82) is 0 Å². The molecule has 1 fully saturated rings. The zero-order valence-corrected chi connectivity index (χ0v) is 24.6. The molecule has 2 aliphatic rings. The molecule has 12 heteroatoms. The SMILES string of the molecule is CCCN1C(=O)c2ccc(Nc3ncc(-c4nc(N5CCOCC5)no4)c(N[C@H](CO)c4ccccc4)n3)cc2C1(C)C. The molecule has 0 spiro atoms. The third-order valence-electron chi connectivity index (χ3n) is 7.96. The molecule has 2 aromatic heterocycles. The Morgan fingerprint density at radius 2 is 1.86 bits per heavy atom. The number of anilines is 4. The van der Waals surface area contributed by atoms with Crippen LogP contribution in [0.3, 0.4) is 0 Å². The number of aliphatic hydroxyl groups excluding tert-OH is 1. The summed E-state index contributed by atoms with van der Waals surface area (Å²) in [5.74, 6) is 1.53. The van der Waals surface area contributed by atoms with E-state index in [0.717, 1.165) is 23.2 Å². The summed E-state index contributed by atoms with van der Waals surface area (Å²) in [4.78, 5) is 31.0. The van der Waals surface area contributed by atoms with Gasteiger partial charge in [-0.05, 0) is 54.8 Å². The third-order valence-corrected chi connectivity index (χ3v) is 7.96. The lowest BCUT2D eigenvalue weighted by Crippen LogP contribution is -2.39. The highest BCUT2D eigenvalue weighted by atomic mass is 16.5. The molecule has 0 aliphatic carbocycles. The molecule has 0 bridgehead atoms. The van der Waals surface area contributed by atoms with E-state index in [9.17, 15) is 9.90 Å². The van der Waals surface area contributed by atoms with Gasteiger partial charge in [0.05, 0.1) is 31.4 Å². The van der Waals surface area contributed by atoms with Gasteiger partial charge in [-0.3, -0.25) is 4.79 Å². The molecular weight excluding hydrogens is 548 g/mol. The van der Waals surface area contributed by atoms with Crippen LogP contribution in [0, 0.1) is 0 Å². The number of carbonyl (C=O) groups excluding carboxylic acids is 1. The maximum absolute atomic E-state index is 13.1. The minimum Gasteiger partial charge on any atom is -0.394 e. The van der Waals surface area contributed by atoms with E-state index in [1.807, 2.05) is 58.3 Å². The second kappa shape index (κ2) is 12.0. The molecule has 224 valence electrons. The largest absolute Gasteiger partial charge is 0.394 e. The number of benzene rings is 2. The number of carbonyl (C=O) groups is 1. The first-order valence-corrected chi connectivity index (χ1v) is 14.6. The Balaban J connectivity index is 1.33. The average molecular weight is 585 g/mol. The first-order valence-electron chi connectivity index (χ1n) is 14.6. The van der Waals surface area contributed by atoms with E-state index in [0.29, 0.717) is 61.7 Å². The summed E-state index contributed by atoms with van der Waals surface area (Å²) in [5.41, 5.74) is 3.39. The zero-order chi connectivity index (χ0) is 30.0. The Hall–Kier alpha value is -4.55. The van der Waals surface area contributed by atoms with Crippen LogP contribution in [0.1, 0.15) is 54.7 Å². The summed E-state index contributed by atoms with van der Waals surface area (Å²) in [7, 11) is 0. The first-order chi connectivity index (χ1) is 20.9. The molecule has 12 nitrogen and oxygen atoms in total. The fourth-order valence-electron chi connectivity index (χ4n) is 5.60. The van der Waals surface area contributed by atoms with Crippen molar-refractivity contribution < 1.29 is 19.2 Å². The van der Waals surface area contributed by atoms with Gasteiger partial charge in [0, 0.05) is 37.1 Å². The molecule has 1 saturated heterocycles. The minimum atomic E-state index is -0.444. The number of nitrogens with zero attached hydrogens (tertiary/aromatic N) is 6. The molecule has 6 rings (SSSR count). The highest BCUT2D eigenvalue weighted by Gasteiger charge is 2.42. The van der Waals surface area contributed by atoms with E-state index in [4.69, 9.17) is 14.2 Å². The van der Waals surface area contributed by atoms with Crippen LogP contribution in [0.5, 0.6) is 0 Å². The van der Waals surface area contributed by atoms with E-state index in [-0.39, 0.29) is 18.4 Å². The average Bonchev–Trinajstić information content (AvgIpc) is 3.59. The molecule has 4 aromatic rings. The Morgan fingerprint density at radius 3 is 2.60 bits per heavy atom. The van der Waals surface area contributed by atoms with Crippen LogP contribution in [-0.2, 0) is 10.3 Å². The van der Waals surface area contributed by atoms with Crippen molar-refractivity contribution in [2.24, 2.45) is 0 Å². The number of amides is 1. The lowest BCUT2D eigenvalue weighted by Gasteiger charge is -2.32. The molecule has 0 unspecified atom stereocenters. The van der Waals surface area contributed by atoms with Crippen LogP contribution < -0.4 is 15.5 Å². The van der Waals surface area contributed by atoms with E-state index in [1.165, 1.54) is 0 Å². The van der Waals surface area contributed by atoms with Crippen LogP contribution in [0.2, 0.25) is 0 Å². The van der Waals surface area contributed by atoms with Crippen molar-refractivity contribution in [3.05, 3.63) is 71.4 Å². The van der Waals surface area contributed by atoms with Crippen LogP contribution in [0.15, 0.2) is 59.3 Å². The number of hydrogen-bond donors (Lipinski definition) is 3. The van der Waals surface area contributed by atoms with E-state index < -0.39 is 11.6 Å². The fourth-order valence-corrected chi connectivity index (χ4v) is 5.60. The van der Waals surface area contributed by atoms with Gasteiger partial charge in [-0.25, -0.2) is 4.98 Å². The normalized spacial score (nSPS) is 16.7. The molecule has 1 amide bonds. The van der Waals surface area contributed by atoms with E-state index >= 15 is 0 Å². The maximum atomic E-state index is 13.1. The highest BCUT2D eigenvalue weighted by molar-refractivity contribution is 6.00. The summed E-state index contributed by atoms with van der Waals surface area (Å²) >= 11 is 0. The van der Waals surface area contributed by atoms with Crippen LogP contribution >= 0.6 is 0 Å². The van der Waals surface area contributed by atoms with Crippen molar-refractivity contribution in [1.82, 2.24) is 25.0 Å². The van der Waals surface area contributed by atoms with E-state index in [2.05, 4.69) is 46.5 Å². The summed E-state index contributed by atoms with van der Waals surface area (Å²) in [5, 5.41) is 21.1. The van der Waals surface area contributed by atoms with E-state index in [1.54, 1.807) is 6.20 Å². The number of aliphatic hydroxyl groups is 1. The summed E-state index contributed by atoms with van der Waals surface area (Å²) in [6.07, 6.45) is 2.51. The van der Waals surface area contributed by atoms with Gasteiger partial charge in [0.15, 0.2) is 0 Å². The van der Waals surface area contributed by atoms with Gasteiger partial charge in [0.25, 0.3) is 17.7 Å². The molecule has 0 radical (unpaired) electrons. The number of fused-ring (bicyclic) bond motifs is 1. The Kier molecular flexibility index (Phi) is 7.96. The fraction of sp³-hybridized carbons (Fsp3) is 0.387. The predicted octanol–water partition coefficient (Wildman–Crippen LogP) is 4.35. The number of hydrogen-bond acceptors (Lipinski definition) is 11. The third kappa shape index (κ3) is 5.63. The molecule has 3 N–H and O–H groups in total. The molecule has 43 heavy (non-hydrogen) atoms. The van der Waals surface area contributed by atoms with Gasteiger partial charge in [-0.1, -0.05) is 37.3 Å². The summed E-state index contributed by atoms with van der Waals surface area (Å²) in [6, 6.07) is 14.9. The molecule has 2 aliphatic heterocycles. The quantitative estimate of drug-likeness (QED) is 0.245. The molecular formula is C31H36N8O4. The van der Waals surface area contributed by atoms with Gasteiger partial charge in [0.1, 0.15) is 11.4 Å². The second-order valence-electron chi connectivity index (χ2n) is 11.1. The zero-order valence-electron chi connectivity index (χ0n) is 24.6. The highest BCUT2D eigenvalue weighted by Crippen LogP contribution is 2.40. The standard InChI is InChI=1S/C31H36N8O4/c1-4-12-39-28(41)22-11-10-21(17-24(22)31(39,2)3)33-29-32-18-23(27-36-30(37-43-27)38-13-15-42-16-14-38)26(35-29)34-25(19-40)20-8-6-5-7-9-20/h5-11,17-18,25,40H,4,12-16,19H2,1-3H3,(H2,32,33,34,35)/t25-/m1/s1. The van der Waals surface area contributed by atoms with Gasteiger partial charge in [-0.2, -0.15) is 9.97 Å². The van der Waals surface area contributed by atoms with Gasteiger partial charge >= 0.3 is 0 Å². The number of aromatic nitrogens is 4. The number of nitrogens with one attached hydrogen (secondary N) is 2. The smallest absolute Gasteiger partial charge is 0.266 e. The van der Waals surface area contributed by atoms with Crippen LogP contribution in [0.4, 0.5) is 23.4 Å². The van der Waals surface area contributed by atoms with Gasteiger partial charge in [-0.15, -0.1) is 0 Å². The predicted molar refractivity (Wildman–Crippen MR) is 162 cm³/mol. The number of morpholine rings is 1. The van der Waals surface area contributed by atoms with Crippen molar-refractivity contribution in [2.45, 2.75) is 38.8 Å².